The number of hydrogen-bond acceptors (Lipinski definition) is 4. The molecule has 2 amide bonds. The molecule has 0 saturated heterocycles. The summed E-state index contributed by atoms with van der Waals surface area (Å²) in [6.07, 6.45) is 1.61. The van der Waals surface area contributed by atoms with Crippen LogP contribution in [0.5, 0.6) is 0 Å². The molecule has 0 saturated carbocycles. The van der Waals surface area contributed by atoms with Gasteiger partial charge in [-0.05, 0) is 37.6 Å². The molecule has 1 aromatic carbocycles. The number of benzene rings is 1. The highest BCUT2D eigenvalue weighted by atomic mass is 16.2. The average molecular weight is 302 g/mol. The van der Waals surface area contributed by atoms with Gasteiger partial charge < -0.3 is 20.1 Å². The predicted molar refractivity (Wildman–Crippen MR) is 87.1 cm³/mol. The van der Waals surface area contributed by atoms with Crippen LogP contribution in [0.4, 0.5) is 16.2 Å². The molecule has 7 heteroatoms. The van der Waals surface area contributed by atoms with Gasteiger partial charge in [0.25, 0.3) is 0 Å². The number of carbonyl (C=O) groups is 1. The molecule has 0 aliphatic rings. The largest absolute Gasteiger partial charge is 0.378 e. The van der Waals surface area contributed by atoms with Crippen molar-refractivity contribution in [3.63, 3.8) is 0 Å². The molecule has 7 nitrogen and oxygen atoms in total. The Morgan fingerprint density at radius 1 is 1.36 bits per heavy atom. The van der Waals surface area contributed by atoms with Crippen LogP contribution in [0.2, 0.25) is 0 Å². The fraction of sp³-hybridized carbons (Fsp3) is 0.400. The van der Waals surface area contributed by atoms with Crippen molar-refractivity contribution in [1.29, 1.82) is 0 Å². The van der Waals surface area contributed by atoms with Gasteiger partial charge in [-0.3, -0.25) is 0 Å². The smallest absolute Gasteiger partial charge is 0.319 e. The van der Waals surface area contributed by atoms with Crippen molar-refractivity contribution in [2.24, 2.45) is 7.05 Å². The molecule has 118 valence electrons. The van der Waals surface area contributed by atoms with Gasteiger partial charge in [0.2, 0.25) is 0 Å². The van der Waals surface area contributed by atoms with E-state index in [1.165, 1.54) is 0 Å². The summed E-state index contributed by atoms with van der Waals surface area (Å²) in [6, 6.07) is 5.40. The summed E-state index contributed by atoms with van der Waals surface area (Å²) in [5, 5.41) is 13.5. The van der Waals surface area contributed by atoms with E-state index in [9.17, 15) is 4.79 Å². The summed E-state index contributed by atoms with van der Waals surface area (Å²) < 4.78 is 1.78. The van der Waals surface area contributed by atoms with E-state index in [4.69, 9.17) is 0 Å². The standard InChI is InChI=1S/C15H22N6O/c1-10-8-12(20(3)4)6-7-13(10)18-15(22)17-11(2)14-19-16-9-21(14)5/h6-9,11H,1-5H3,(H2,17,18,22). The number of amides is 2. The van der Waals surface area contributed by atoms with Crippen LogP contribution in [-0.2, 0) is 7.05 Å². The Bertz CT molecular complexity index is 664. The molecule has 0 aliphatic carbocycles. The Hall–Kier alpha value is -2.57. The molecule has 0 spiro atoms. The quantitative estimate of drug-likeness (QED) is 0.906. The van der Waals surface area contributed by atoms with E-state index < -0.39 is 0 Å². The van der Waals surface area contributed by atoms with Gasteiger partial charge in [0.15, 0.2) is 5.82 Å². The van der Waals surface area contributed by atoms with E-state index in [1.807, 2.05) is 58.1 Å². The fourth-order valence-corrected chi connectivity index (χ4v) is 2.17. The Morgan fingerprint density at radius 3 is 2.64 bits per heavy atom. The lowest BCUT2D eigenvalue weighted by Gasteiger charge is -2.17. The number of aryl methyl sites for hydroxylation is 2. The van der Waals surface area contributed by atoms with E-state index >= 15 is 0 Å². The lowest BCUT2D eigenvalue weighted by atomic mass is 10.1. The Morgan fingerprint density at radius 2 is 2.09 bits per heavy atom. The molecule has 2 rings (SSSR count). The van der Waals surface area contributed by atoms with Crippen molar-refractivity contribution in [1.82, 2.24) is 20.1 Å². The Kier molecular flexibility index (Phi) is 4.65. The molecule has 0 aliphatic heterocycles. The molecule has 1 heterocycles. The summed E-state index contributed by atoms with van der Waals surface area (Å²) in [7, 11) is 5.81. The maximum Gasteiger partial charge on any atom is 0.319 e. The zero-order valence-corrected chi connectivity index (χ0v) is 13.6. The average Bonchev–Trinajstić information content (AvgIpc) is 2.87. The third kappa shape index (κ3) is 3.55. The SMILES string of the molecule is Cc1cc(N(C)C)ccc1NC(=O)NC(C)c1nncn1C. The lowest BCUT2D eigenvalue weighted by molar-refractivity contribution is 0.248. The number of hydrogen-bond donors (Lipinski definition) is 2. The van der Waals surface area contributed by atoms with Crippen LogP contribution in [0.15, 0.2) is 24.5 Å². The zero-order chi connectivity index (χ0) is 16.3. The third-order valence-corrected chi connectivity index (χ3v) is 3.46. The van der Waals surface area contributed by atoms with Gasteiger partial charge in [0, 0.05) is 32.5 Å². The molecule has 1 unspecified atom stereocenters. The van der Waals surface area contributed by atoms with E-state index in [-0.39, 0.29) is 12.1 Å². The molecule has 0 fully saturated rings. The number of anilines is 2. The summed E-state index contributed by atoms with van der Waals surface area (Å²) in [5.41, 5.74) is 2.89. The highest BCUT2D eigenvalue weighted by Crippen LogP contribution is 2.21. The van der Waals surface area contributed by atoms with Crippen LogP contribution in [0.1, 0.15) is 24.4 Å². The Balaban J connectivity index is 2.02. The minimum absolute atomic E-state index is 0.228. The third-order valence-electron chi connectivity index (χ3n) is 3.46. The fourth-order valence-electron chi connectivity index (χ4n) is 2.17. The topological polar surface area (TPSA) is 75.1 Å². The number of nitrogens with zero attached hydrogens (tertiary/aromatic N) is 4. The molecule has 1 aromatic heterocycles. The monoisotopic (exact) mass is 302 g/mol. The first-order valence-corrected chi connectivity index (χ1v) is 7.08. The second-order valence-corrected chi connectivity index (χ2v) is 5.51. The van der Waals surface area contributed by atoms with E-state index in [2.05, 4.69) is 20.8 Å². The minimum atomic E-state index is -0.267. The van der Waals surface area contributed by atoms with Crippen LogP contribution < -0.4 is 15.5 Å². The first-order chi connectivity index (χ1) is 10.4. The van der Waals surface area contributed by atoms with Crippen LogP contribution in [0.3, 0.4) is 0 Å². The molecular formula is C15H22N6O. The van der Waals surface area contributed by atoms with Crippen molar-refractivity contribution in [3.05, 3.63) is 35.9 Å². The van der Waals surface area contributed by atoms with Crippen molar-refractivity contribution >= 4 is 17.4 Å². The highest BCUT2D eigenvalue weighted by Gasteiger charge is 2.14. The van der Waals surface area contributed by atoms with Gasteiger partial charge >= 0.3 is 6.03 Å². The van der Waals surface area contributed by atoms with Crippen LogP contribution in [0, 0.1) is 6.92 Å². The molecule has 1 atom stereocenters. The van der Waals surface area contributed by atoms with Gasteiger partial charge in [0.1, 0.15) is 6.33 Å². The second kappa shape index (κ2) is 6.46. The summed E-state index contributed by atoms with van der Waals surface area (Å²) in [5.74, 6) is 0.704. The summed E-state index contributed by atoms with van der Waals surface area (Å²) >= 11 is 0. The van der Waals surface area contributed by atoms with Crippen molar-refractivity contribution in [3.8, 4) is 0 Å². The van der Waals surface area contributed by atoms with Crippen molar-refractivity contribution in [2.75, 3.05) is 24.3 Å². The van der Waals surface area contributed by atoms with Crippen LogP contribution in [0.25, 0.3) is 0 Å². The van der Waals surface area contributed by atoms with Gasteiger partial charge in [-0.1, -0.05) is 0 Å². The first-order valence-electron chi connectivity index (χ1n) is 7.08. The normalized spacial score (nSPS) is 11.9. The van der Waals surface area contributed by atoms with Gasteiger partial charge in [-0.25, -0.2) is 4.79 Å². The highest BCUT2D eigenvalue weighted by molar-refractivity contribution is 5.90. The van der Waals surface area contributed by atoms with Crippen LogP contribution in [-0.4, -0.2) is 34.9 Å². The van der Waals surface area contributed by atoms with Crippen LogP contribution >= 0.6 is 0 Å². The van der Waals surface area contributed by atoms with Gasteiger partial charge in [0.05, 0.1) is 6.04 Å². The molecule has 0 radical (unpaired) electrons. The molecule has 0 bridgehead atoms. The first kappa shape index (κ1) is 15.8. The van der Waals surface area contributed by atoms with Gasteiger partial charge in [-0.15, -0.1) is 10.2 Å². The molecular weight excluding hydrogens is 280 g/mol. The molecule has 2 N–H and O–H groups in total. The predicted octanol–water partition coefficient (Wildman–Crippen LogP) is 2.07. The summed E-state index contributed by atoms with van der Waals surface area (Å²) in [4.78, 5) is 14.1. The number of aromatic nitrogens is 3. The van der Waals surface area contributed by atoms with Gasteiger partial charge in [-0.2, -0.15) is 0 Å². The Labute approximate surface area is 130 Å². The van der Waals surface area contributed by atoms with Crippen molar-refractivity contribution < 1.29 is 4.79 Å². The number of nitrogens with one attached hydrogen (secondary N) is 2. The summed E-state index contributed by atoms with van der Waals surface area (Å²) in [6.45, 7) is 3.83. The van der Waals surface area contributed by atoms with E-state index in [0.29, 0.717) is 5.82 Å². The second-order valence-electron chi connectivity index (χ2n) is 5.51. The number of rotatable bonds is 4. The van der Waals surface area contributed by atoms with E-state index in [0.717, 1.165) is 16.9 Å². The number of urea groups is 1. The maximum absolute atomic E-state index is 12.1. The minimum Gasteiger partial charge on any atom is -0.378 e. The maximum atomic E-state index is 12.1. The zero-order valence-electron chi connectivity index (χ0n) is 13.6. The number of carbonyl (C=O) groups excluding carboxylic acids is 1. The molecule has 22 heavy (non-hydrogen) atoms. The van der Waals surface area contributed by atoms with Crippen molar-refractivity contribution in [2.45, 2.75) is 19.9 Å². The lowest BCUT2D eigenvalue weighted by Crippen LogP contribution is -2.32. The van der Waals surface area contributed by atoms with E-state index in [1.54, 1.807) is 10.9 Å². The molecule has 2 aromatic rings.